The van der Waals surface area contributed by atoms with Crippen molar-refractivity contribution in [2.75, 3.05) is 6.54 Å². The molecule has 2 N–H and O–H groups in total. The van der Waals surface area contributed by atoms with Crippen molar-refractivity contribution in [2.24, 2.45) is 4.99 Å². The Morgan fingerprint density at radius 3 is 3.08 bits per heavy atom. The maximum Gasteiger partial charge on any atom is 0.248 e. The minimum atomic E-state index is -0.237. The first-order valence-corrected chi connectivity index (χ1v) is 3.80. The van der Waals surface area contributed by atoms with Crippen molar-refractivity contribution in [3.05, 3.63) is 0 Å². The summed E-state index contributed by atoms with van der Waals surface area (Å²) in [5.74, 6) is 2.11. The monoisotopic (exact) mass is 179 g/mol. The predicted molar refractivity (Wildman–Crippen MR) is 46.7 cm³/mol. The van der Waals surface area contributed by atoms with Crippen LogP contribution in [0, 0.1) is 12.3 Å². The normalized spacial score (nSPS) is 14.4. The van der Waals surface area contributed by atoms with Crippen molar-refractivity contribution >= 4 is 17.8 Å². The third kappa shape index (κ3) is 2.95. The number of aliphatic imine (C=N–C) groups is 1. The molecule has 1 heterocycles. The van der Waals surface area contributed by atoms with Gasteiger partial charge in [-0.25, -0.2) is 4.99 Å². The molecule has 1 rings (SSSR count). The molecule has 0 bridgehead atoms. The largest absolute Gasteiger partial charge is 0.296 e. The van der Waals surface area contributed by atoms with Gasteiger partial charge in [0, 0.05) is 12.8 Å². The number of carbonyl (C=O) groups excluding carboxylic acids is 2. The summed E-state index contributed by atoms with van der Waals surface area (Å²) < 4.78 is 0. The molecule has 13 heavy (non-hydrogen) atoms. The zero-order valence-corrected chi connectivity index (χ0v) is 6.96. The summed E-state index contributed by atoms with van der Waals surface area (Å²) in [7, 11) is 0. The van der Waals surface area contributed by atoms with Gasteiger partial charge in [-0.1, -0.05) is 0 Å². The highest BCUT2D eigenvalue weighted by Crippen LogP contribution is 1.88. The first-order valence-electron chi connectivity index (χ1n) is 3.80. The van der Waals surface area contributed by atoms with Crippen molar-refractivity contribution in [3.8, 4) is 12.3 Å². The number of carbonyl (C=O) groups is 2. The van der Waals surface area contributed by atoms with Gasteiger partial charge in [-0.15, -0.1) is 12.3 Å². The SMILES string of the molecule is C#CCCC(=O)NC1=NCC(=O)N1. The Bertz CT molecular complexity index is 301. The highest BCUT2D eigenvalue weighted by atomic mass is 16.2. The van der Waals surface area contributed by atoms with Crippen LogP contribution < -0.4 is 10.6 Å². The minimum Gasteiger partial charge on any atom is -0.296 e. The van der Waals surface area contributed by atoms with E-state index >= 15 is 0 Å². The zero-order chi connectivity index (χ0) is 9.68. The van der Waals surface area contributed by atoms with E-state index in [1.165, 1.54) is 0 Å². The highest BCUT2D eigenvalue weighted by molar-refractivity contribution is 6.08. The molecular formula is C8H9N3O2. The number of hydrogen-bond acceptors (Lipinski definition) is 3. The van der Waals surface area contributed by atoms with Gasteiger partial charge in [0.1, 0.15) is 6.54 Å². The molecule has 0 saturated heterocycles. The van der Waals surface area contributed by atoms with Crippen LogP contribution in [0.4, 0.5) is 0 Å². The van der Waals surface area contributed by atoms with Crippen molar-refractivity contribution < 1.29 is 9.59 Å². The second-order valence-corrected chi connectivity index (χ2v) is 2.47. The first-order chi connectivity index (χ1) is 6.22. The Morgan fingerprint density at radius 1 is 1.77 bits per heavy atom. The van der Waals surface area contributed by atoms with E-state index in [1.54, 1.807) is 0 Å². The molecule has 5 heteroatoms. The molecule has 1 aliphatic heterocycles. The summed E-state index contributed by atoms with van der Waals surface area (Å²) in [6, 6.07) is 0. The second-order valence-electron chi connectivity index (χ2n) is 2.47. The highest BCUT2D eigenvalue weighted by Gasteiger charge is 2.14. The van der Waals surface area contributed by atoms with Gasteiger partial charge >= 0.3 is 0 Å². The molecule has 0 aromatic carbocycles. The molecule has 1 aliphatic rings. The van der Waals surface area contributed by atoms with Crippen LogP contribution in [0.15, 0.2) is 4.99 Å². The fourth-order valence-corrected chi connectivity index (χ4v) is 0.813. The van der Waals surface area contributed by atoms with Crippen molar-refractivity contribution in [1.82, 2.24) is 10.6 Å². The Labute approximate surface area is 75.6 Å². The maximum absolute atomic E-state index is 11.0. The number of guanidine groups is 1. The van der Waals surface area contributed by atoms with Crippen LogP contribution in [0.25, 0.3) is 0 Å². The molecule has 0 spiro atoms. The lowest BCUT2D eigenvalue weighted by Crippen LogP contribution is -2.39. The summed E-state index contributed by atoms with van der Waals surface area (Å²) in [5.41, 5.74) is 0. The summed E-state index contributed by atoms with van der Waals surface area (Å²) in [4.78, 5) is 25.4. The van der Waals surface area contributed by atoms with Crippen LogP contribution in [-0.4, -0.2) is 24.3 Å². The van der Waals surface area contributed by atoms with E-state index in [0.717, 1.165) is 0 Å². The summed E-state index contributed by atoms with van der Waals surface area (Å²) >= 11 is 0. The van der Waals surface area contributed by atoms with E-state index in [9.17, 15) is 9.59 Å². The molecule has 0 saturated carbocycles. The number of terminal acetylenes is 1. The van der Waals surface area contributed by atoms with Crippen molar-refractivity contribution in [1.29, 1.82) is 0 Å². The van der Waals surface area contributed by atoms with Crippen molar-refractivity contribution in [3.63, 3.8) is 0 Å². The zero-order valence-electron chi connectivity index (χ0n) is 6.96. The van der Waals surface area contributed by atoms with Gasteiger partial charge < -0.3 is 0 Å². The molecule has 68 valence electrons. The van der Waals surface area contributed by atoms with Gasteiger partial charge in [0.05, 0.1) is 0 Å². The van der Waals surface area contributed by atoms with Crippen LogP contribution >= 0.6 is 0 Å². The Hall–Kier alpha value is -1.83. The quantitative estimate of drug-likeness (QED) is 0.534. The molecule has 0 aromatic rings. The van der Waals surface area contributed by atoms with Gasteiger partial charge in [-0.2, -0.15) is 0 Å². The van der Waals surface area contributed by atoms with Crippen LogP contribution in [0.2, 0.25) is 0 Å². The van der Waals surface area contributed by atoms with Crippen molar-refractivity contribution in [2.45, 2.75) is 12.8 Å². The molecule has 0 radical (unpaired) electrons. The predicted octanol–water partition coefficient (Wildman–Crippen LogP) is -0.998. The smallest absolute Gasteiger partial charge is 0.248 e. The van der Waals surface area contributed by atoms with Crippen LogP contribution in [0.1, 0.15) is 12.8 Å². The molecule has 0 unspecified atom stereocenters. The average Bonchev–Trinajstić information content (AvgIpc) is 2.48. The van der Waals surface area contributed by atoms with E-state index < -0.39 is 0 Å². The molecule has 0 fully saturated rings. The molecule has 0 atom stereocenters. The number of nitrogens with zero attached hydrogens (tertiary/aromatic N) is 1. The van der Waals surface area contributed by atoms with E-state index in [2.05, 4.69) is 21.5 Å². The average molecular weight is 179 g/mol. The fraction of sp³-hybridized carbons (Fsp3) is 0.375. The first kappa shape index (κ1) is 9.26. The molecule has 0 aromatic heterocycles. The van der Waals surface area contributed by atoms with E-state index in [0.29, 0.717) is 6.42 Å². The lowest BCUT2D eigenvalue weighted by atomic mass is 10.3. The standard InChI is InChI=1S/C8H9N3O2/c1-2-3-4-6(12)10-8-9-5-7(13)11-8/h1H,3-5H2,(H2,9,10,11,12,13). The summed E-state index contributed by atoms with van der Waals surface area (Å²) in [6.45, 7) is 0.0742. The Kier molecular flexibility index (Phi) is 3.03. The number of nitrogens with one attached hydrogen (secondary N) is 2. The Balaban J connectivity index is 2.29. The summed E-state index contributed by atoms with van der Waals surface area (Å²) in [5, 5.41) is 4.82. The second kappa shape index (κ2) is 4.26. The third-order valence-corrected chi connectivity index (χ3v) is 1.39. The molecular weight excluding hydrogens is 170 g/mol. The topological polar surface area (TPSA) is 70.6 Å². The third-order valence-electron chi connectivity index (χ3n) is 1.39. The van der Waals surface area contributed by atoms with E-state index in [4.69, 9.17) is 6.42 Å². The minimum absolute atomic E-state index is 0.0742. The van der Waals surface area contributed by atoms with Gasteiger partial charge in [-0.05, 0) is 0 Å². The Morgan fingerprint density at radius 2 is 2.54 bits per heavy atom. The molecule has 0 aliphatic carbocycles. The van der Waals surface area contributed by atoms with E-state index in [1.807, 2.05) is 0 Å². The van der Waals surface area contributed by atoms with Gasteiger partial charge in [-0.3, -0.25) is 20.2 Å². The number of hydrogen-bond donors (Lipinski definition) is 2. The van der Waals surface area contributed by atoms with Gasteiger partial charge in [0.25, 0.3) is 0 Å². The number of amides is 2. The van der Waals surface area contributed by atoms with Crippen LogP contribution in [0.5, 0.6) is 0 Å². The number of rotatable bonds is 2. The van der Waals surface area contributed by atoms with Crippen LogP contribution in [-0.2, 0) is 9.59 Å². The van der Waals surface area contributed by atoms with Crippen LogP contribution in [0.3, 0.4) is 0 Å². The molecule has 2 amide bonds. The lowest BCUT2D eigenvalue weighted by Gasteiger charge is -2.01. The fourth-order valence-electron chi connectivity index (χ4n) is 0.813. The summed E-state index contributed by atoms with van der Waals surface area (Å²) in [6.07, 6.45) is 5.60. The van der Waals surface area contributed by atoms with E-state index in [-0.39, 0.29) is 30.7 Å². The molecule has 5 nitrogen and oxygen atoms in total. The van der Waals surface area contributed by atoms with Gasteiger partial charge in [0.2, 0.25) is 17.8 Å². The van der Waals surface area contributed by atoms with Gasteiger partial charge in [0.15, 0.2) is 0 Å². The maximum atomic E-state index is 11.0. The lowest BCUT2D eigenvalue weighted by molar-refractivity contribution is -0.119.